The van der Waals surface area contributed by atoms with E-state index in [1.807, 2.05) is 18.2 Å². The number of morpholine rings is 1. The summed E-state index contributed by atoms with van der Waals surface area (Å²) < 4.78 is 6.34. The molecule has 0 aromatic heterocycles. The lowest BCUT2D eigenvalue weighted by atomic mass is 10.1. The Bertz CT molecular complexity index is 450. The molecule has 0 unspecified atom stereocenters. The first-order valence-corrected chi connectivity index (χ1v) is 6.42. The summed E-state index contributed by atoms with van der Waals surface area (Å²) in [4.78, 5) is 10.3. The topological polar surface area (TPSA) is 52.4 Å². The fraction of sp³-hybridized carbons (Fsp3) is 0.429. The molecule has 5 heteroatoms. The van der Waals surface area contributed by atoms with Crippen molar-refractivity contribution in [2.45, 2.75) is 6.54 Å². The molecule has 0 spiro atoms. The third kappa shape index (κ3) is 3.39. The number of hydrogen-bond donors (Lipinski definition) is 0. The van der Waals surface area contributed by atoms with Gasteiger partial charge in [0.2, 0.25) is 0 Å². The van der Waals surface area contributed by atoms with Crippen molar-refractivity contribution in [2.75, 3.05) is 32.8 Å². The predicted octanol–water partition coefficient (Wildman–Crippen LogP) is 2.13. The first kappa shape index (κ1) is 13.7. The van der Waals surface area contributed by atoms with Crippen LogP contribution in [0.15, 0.2) is 36.9 Å². The second kappa shape index (κ2) is 5.95. The summed E-state index contributed by atoms with van der Waals surface area (Å²) >= 11 is 0. The predicted molar refractivity (Wildman–Crippen MR) is 72.7 cm³/mol. The molecule has 0 saturated carbocycles. The lowest BCUT2D eigenvalue weighted by Gasteiger charge is -2.40. The number of nitrogens with zero attached hydrogens (tertiary/aromatic N) is 2. The fourth-order valence-corrected chi connectivity index (χ4v) is 2.52. The highest BCUT2D eigenvalue weighted by molar-refractivity contribution is 5.32. The highest BCUT2D eigenvalue weighted by atomic mass is 16.6. The molecule has 102 valence electrons. The minimum Gasteiger partial charge on any atom is -0.370 e. The Balaban J connectivity index is 2.12. The van der Waals surface area contributed by atoms with Crippen molar-refractivity contribution in [2.24, 2.45) is 0 Å². The standard InChI is InChI=1S/C14H19N2O3/c1-2-7-16(8-10-19-11-9-16)12-13-3-5-14(6-4-13)15(17)18/h2-6H,1,7-12H2/q+1. The smallest absolute Gasteiger partial charge is 0.269 e. The minimum absolute atomic E-state index is 0.140. The van der Waals surface area contributed by atoms with Crippen molar-refractivity contribution in [1.29, 1.82) is 0 Å². The van der Waals surface area contributed by atoms with Crippen LogP contribution in [0.4, 0.5) is 5.69 Å². The van der Waals surface area contributed by atoms with E-state index < -0.39 is 0 Å². The molecule has 0 aliphatic carbocycles. The monoisotopic (exact) mass is 263 g/mol. The van der Waals surface area contributed by atoms with Gasteiger partial charge in [-0.05, 0) is 18.2 Å². The zero-order chi connectivity index (χ0) is 13.7. The van der Waals surface area contributed by atoms with Gasteiger partial charge in [0.25, 0.3) is 5.69 Å². The molecule has 0 radical (unpaired) electrons. The van der Waals surface area contributed by atoms with Gasteiger partial charge in [0, 0.05) is 17.7 Å². The van der Waals surface area contributed by atoms with Gasteiger partial charge < -0.3 is 9.22 Å². The summed E-state index contributed by atoms with van der Waals surface area (Å²) in [6.45, 7) is 9.06. The molecule has 2 rings (SSSR count). The van der Waals surface area contributed by atoms with Crippen molar-refractivity contribution in [1.82, 2.24) is 0 Å². The van der Waals surface area contributed by atoms with Gasteiger partial charge in [0.05, 0.1) is 24.7 Å². The van der Waals surface area contributed by atoms with Crippen LogP contribution < -0.4 is 0 Å². The SMILES string of the molecule is C=CC[N+]1(Cc2ccc([N+](=O)[O-])cc2)CCOCC1. The molecule has 0 N–H and O–H groups in total. The number of hydrogen-bond acceptors (Lipinski definition) is 3. The lowest BCUT2D eigenvalue weighted by molar-refractivity contribution is -0.942. The maximum Gasteiger partial charge on any atom is 0.269 e. The fourth-order valence-electron chi connectivity index (χ4n) is 2.52. The average molecular weight is 263 g/mol. The molecule has 1 saturated heterocycles. The average Bonchev–Trinajstić information content (AvgIpc) is 2.40. The van der Waals surface area contributed by atoms with Crippen molar-refractivity contribution < 1.29 is 14.1 Å². The van der Waals surface area contributed by atoms with Crippen molar-refractivity contribution >= 4 is 5.69 Å². The molecule has 1 aromatic carbocycles. The van der Waals surface area contributed by atoms with Gasteiger partial charge in [0.1, 0.15) is 19.6 Å². The van der Waals surface area contributed by atoms with Crippen LogP contribution in [0.2, 0.25) is 0 Å². The summed E-state index contributed by atoms with van der Waals surface area (Å²) in [6.07, 6.45) is 1.94. The zero-order valence-electron chi connectivity index (χ0n) is 11.0. The van der Waals surface area contributed by atoms with Crippen LogP contribution in [0.25, 0.3) is 0 Å². The van der Waals surface area contributed by atoms with E-state index in [0.717, 1.165) is 49.4 Å². The molecule has 1 aliphatic heterocycles. The molecule has 0 bridgehead atoms. The number of ether oxygens (including phenoxy) is 1. The molecule has 19 heavy (non-hydrogen) atoms. The number of benzene rings is 1. The van der Waals surface area contributed by atoms with Gasteiger partial charge in [-0.1, -0.05) is 6.58 Å². The van der Waals surface area contributed by atoms with E-state index in [4.69, 9.17) is 4.74 Å². The van der Waals surface area contributed by atoms with E-state index in [-0.39, 0.29) is 10.6 Å². The largest absolute Gasteiger partial charge is 0.370 e. The van der Waals surface area contributed by atoms with Crippen LogP contribution in [0.5, 0.6) is 0 Å². The second-order valence-corrected chi connectivity index (χ2v) is 4.95. The van der Waals surface area contributed by atoms with Crippen molar-refractivity contribution in [3.05, 3.63) is 52.6 Å². The van der Waals surface area contributed by atoms with E-state index in [2.05, 4.69) is 6.58 Å². The molecule has 5 nitrogen and oxygen atoms in total. The lowest BCUT2D eigenvalue weighted by Crippen LogP contribution is -2.54. The Morgan fingerprint density at radius 3 is 2.47 bits per heavy atom. The van der Waals surface area contributed by atoms with Crippen molar-refractivity contribution in [3.63, 3.8) is 0 Å². The third-order valence-corrected chi connectivity index (χ3v) is 3.60. The van der Waals surface area contributed by atoms with Crippen LogP contribution in [-0.4, -0.2) is 42.3 Å². The molecule has 1 fully saturated rings. The third-order valence-electron chi connectivity index (χ3n) is 3.60. The van der Waals surface area contributed by atoms with Gasteiger partial charge in [-0.25, -0.2) is 0 Å². The molecular formula is C14H19N2O3+. The molecule has 1 aromatic rings. The number of rotatable bonds is 5. The van der Waals surface area contributed by atoms with E-state index >= 15 is 0 Å². The quantitative estimate of drug-likeness (QED) is 0.354. The summed E-state index contributed by atoms with van der Waals surface area (Å²) in [5, 5.41) is 10.6. The maximum absolute atomic E-state index is 10.6. The summed E-state index contributed by atoms with van der Waals surface area (Å²) in [7, 11) is 0. The van der Waals surface area contributed by atoms with Gasteiger partial charge >= 0.3 is 0 Å². The summed E-state index contributed by atoms with van der Waals surface area (Å²) in [5.74, 6) is 0. The van der Waals surface area contributed by atoms with Crippen LogP contribution in [0.3, 0.4) is 0 Å². The Morgan fingerprint density at radius 2 is 1.95 bits per heavy atom. The Kier molecular flexibility index (Phi) is 4.29. The van der Waals surface area contributed by atoms with Crippen LogP contribution in [0, 0.1) is 10.1 Å². The molecule has 1 heterocycles. The minimum atomic E-state index is -0.368. The van der Waals surface area contributed by atoms with Gasteiger partial charge in [0.15, 0.2) is 0 Å². The van der Waals surface area contributed by atoms with Gasteiger partial charge in [-0.15, -0.1) is 0 Å². The maximum atomic E-state index is 10.6. The number of non-ortho nitro benzene ring substituents is 1. The Hall–Kier alpha value is -1.72. The van der Waals surface area contributed by atoms with E-state index in [0.29, 0.717) is 0 Å². The van der Waals surface area contributed by atoms with Crippen LogP contribution in [0.1, 0.15) is 5.56 Å². The Labute approximate surface area is 112 Å². The number of nitro groups is 1. The molecule has 0 amide bonds. The first-order valence-electron chi connectivity index (χ1n) is 6.42. The highest BCUT2D eigenvalue weighted by Gasteiger charge is 2.29. The number of nitro benzene ring substituents is 1. The normalized spacial score (nSPS) is 17.9. The summed E-state index contributed by atoms with van der Waals surface area (Å²) in [5.41, 5.74) is 1.26. The zero-order valence-corrected chi connectivity index (χ0v) is 11.0. The van der Waals surface area contributed by atoms with Gasteiger partial charge in [-0.3, -0.25) is 10.1 Å². The van der Waals surface area contributed by atoms with Crippen LogP contribution >= 0.6 is 0 Å². The van der Waals surface area contributed by atoms with E-state index in [1.54, 1.807) is 12.1 Å². The highest BCUT2D eigenvalue weighted by Crippen LogP contribution is 2.19. The van der Waals surface area contributed by atoms with Crippen LogP contribution in [-0.2, 0) is 11.3 Å². The Morgan fingerprint density at radius 1 is 1.32 bits per heavy atom. The first-order chi connectivity index (χ1) is 9.15. The van der Waals surface area contributed by atoms with E-state index in [1.165, 1.54) is 0 Å². The van der Waals surface area contributed by atoms with Gasteiger partial charge in [-0.2, -0.15) is 0 Å². The second-order valence-electron chi connectivity index (χ2n) is 4.95. The molecular weight excluding hydrogens is 244 g/mol. The molecule has 1 aliphatic rings. The summed E-state index contributed by atoms with van der Waals surface area (Å²) in [6, 6.07) is 6.83. The van der Waals surface area contributed by atoms with E-state index in [9.17, 15) is 10.1 Å². The molecule has 0 atom stereocenters. The number of quaternary nitrogens is 1. The van der Waals surface area contributed by atoms with Crippen molar-refractivity contribution in [3.8, 4) is 0 Å².